The number of methoxy groups -OCH3 is 1. The predicted octanol–water partition coefficient (Wildman–Crippen LogP) is 6.05. The van der Waals surface area contributed by atoms with E-state index in [4.69, 9.17) is 14.5 Å². The number of carbonyl (C=O) groups excluding carboxylic acids is 1. The van der Waals surface area contributed by atoms with Gasteiger partial charge in [0.15, 0.2) is 11.2 Å². The van der Waals surface area contributed by atoms with Crippen molar-refractivity contribution in [1.82, 2.24) is 4.98 Å². The smallest absolute Gasteiger partial charge is 0.274 e. The second kappa shape index (κ2) is 8.78. The minimum Gasteiger partial charge on any atom is -0.497 e. The first kappa shape index (κ1) is 20.9. The summed E-state index contributed by atoms with van der Waals surface area (Å²) in [7, 11) is 1.61. The predicted molar refractivity (Wildman–Crippen MR) is 126 cm³/mol. The summed E-state index contributed by atoms with van der Waals surface area (Å²) in [5.74, 6) is 1.16. The lowest BCUT2D eigenvalue weighted by atomic mass is 10.1. The summed E-state index contributed by atoms with van der Waals surface area (Å²) in [4.78, 5) is 20.0. The lowest BCUT2D eigenvalue weighted by Crippen LogP contribution is -2.38. The highest BCUT2D eigenvalue weighted by Gasteiger charge is 2.28. The SMILES string of the molecule is COc1ccc(O[C@@H](C)C(=O)N(c2nc3ccccc3s2)c2ccc(C)cc2C)cc1. The van der Waals surface area contributed by atoms with E-state index in [2.05, 4.69) is 6.07 Å². The molecule has 0 aliphatic rings. The Morgan fingerprint density at radius 2 is 1.71 bits per heavy atom. The zero-order valence-electron chi connectivity index (χ0n) is 18.0. The molecule has 0 saturated carbocycles. The second-order valence-corrected chi connectivity index (χ2v) is 8.37. The van der Waals surface area contributed by atoms with E-state index in [-0.39, 0.29) is 5.91 Å². The molecule has 5 nitrogen and oxygen atoms in total. The Kier molecular flexibility index (Phi) is 5.91. The van der Waals surface area contributed by atoms with Crippen LogP contribution in [0, 0.1) is 13.8 Å². The van der Waals surface area contributed by atoms with Crippen molar-refractivity contribution >= 4 is 38.3 Å². The fraction of sp³-hybridized carbons (Fsp3) is 0.200. The third-order valence-corrected chi connectivity index (χ3v) is 6.03. The number of ether oxygens (including phenoxy) is 2. The van der Waals surface area contributed by atoms with Gasteiger partial charge in [0.05, 0.1) is 23.0 Å². The van der Waals surface area contributed by atoms with E-state index >= 15 is 0 Å². The van der Waals surface area contributed by atoms with E-state index in [1.165, 1.54) is 11.3 Å². The van der Waals surface area contributed by atoms with Gasteiger partial charge in [-0.1, -0.05) is 41.2 Å². The van der Waals surface area contributed by atoms with Gasteiger partial charge in [-0.2, -0.15) is 0 Å². The highest BCUT2D eigenvalue weighted by atomic mass is 32.1. The van der Waals surface area contributed by atoms with E-state index in [1.54, 1.807) is 31.1 Å². The normalized spacial score (nSPS) is 11.9. The number of benzene rings is 3. The molecular formula is C25H24N2O3S. The molecule has 0 bridgehead atoms. The van der Waals surface area contributed by atoms with Crippen LogP contribution < -0.4 is 14.4 Å². The van der Waals surface area contributed by atoms with Crippen molar-refractivity contribution in [3.63, 3.8) is 0 Å². The molecule has 3 aromatic carbocycles. The Hall–Kier alpha value is -3.38. The quantitative estimate of drug-likeness (QED) is 0.372. The number of nitrogens with zero attached hydrogens (tertiary/aromatic N) is 2. The number of hydrogen-bond acceptors (Lipinski definition) is 5. The Labute approximate surface area is 185 Å². The molecule has 1 aromatic heterocycles. The highest BCUT2D eigenvalue weighted by Crippen LogP contribution is 2.36. The van der Waals surface area contributed by atoms with Crippen LogP contribution in [0.25, 0.3) is 10.2 Å². The average molecular weight is 433 g/mol. The molecule has 0 saturated heterocycles. The molecule has 31 heavy (non-hydrogen) atoms. The van der Waals surface area contributed by atoms with Crippen LogP contribution in [0.5, 0.6) is 11.5 Å². The summed E-state index contributed by atoms with van der Waals surface area (Å²) >= 11 is 1.49. The molecule has 6 heteroatoms. The van der Waals surface area contributed by atoms with Crippen LogP contribution in [0.15, 0.2) is 66.7 Å². The Morgan fingerprint density at radius 1 is 1.00 bits per heavy atom. The number of aromatic nitrogens is 1. The Morgan fingerprint density at radius 3 is 2.39 bits per heavy atom. The number of anilines is 2. The molecule has 0 N–H and O–H groups in total. The number of amides is 1. The average Bonchev–Trinajstić information content (AvgIpc) is 3.19. The van der Waals surface area contributed by atoms with Crippen LogP contribution in [-0.4, -0.2) is 24.1 Å². The summed E-state index contributed by atoms with van der Waals surface area (Å²) in [5, 5.41) is 0.628. The molecule has 1 heterocycles. The minimum absolute atomic E-state index is 0.179. The third kappa shape index (κ3) is 4.39. The molecule has 4 aromatic rings. The van der Waals surface area contributed by atoms with Gasteiger partial charge >= 0.3 is 0 Å². The summed E-state index contributed by atoms with van der Waals surface area (Å²) in [5.41, 5.74) is 3.82. The van der Waals surface area contributed by atoms with Crippen LogP contribution in [0.3, 0.4) is 0 Å². The van der Waals surface area contributed by atoms with Crippen molar-refractivity contribution < 1.29 is 14.3 Å². The number of fused-ring (bicyclic) bond motifs is 1. The van der Waals surface area contributed by atoms with E-state index < -0.39 is 6.10 Å². The molecule has 4 rings (SSSR count). The molecule has 0 spiro atoms. The zero-order chi connectivity index (χ0) is 22.0. The summed E-state index contributed by atoms with van der Waals surface area (Å²) in [6, 6.07) is 21.1. The second-order valence-electron chi connectivity index (χ2n) is 7.36. The Balaban J connectivity index is 1.71. The number of thiazole rings is 1. The van der Waals surface area contributed by atoms with Gasteiger partial charge in [0.25, 0.3) is 5.91 Å². The molecule has 0 radical (unpaired) electrons. The maximum absolute atomic E-state index is 13.6. The molecule has 1 atom stereocenters. The van der Waals surface area contributed by atoms with Crippen LogP contribution >= 0.6 is 11.3 Å². The molecular weight excluding hydrogens is 408 g/mol. The van der Waals surface area contributed by atoms with Gasteiger partial charge in [-0.15, -0.1) is 0 Å². The molecule has 0 fully saturated rings. The largest absolute Gasteiger partial charge is 0.497 e. The van der Waals surface area contributed by atoms with Gasteiger partial charge in [0.2, 0.25) is 0 Å². The molecule has 0 aliphatic heterocycles. The van der Waals surface area contributed by atoms with Gasteiger partial charge in [-0.25, -0.2) is 4.98 Å². The van der Waals surface area contributed by atoms with Crippen molar-refractivity contribution in [1.29, 1.82) is 0 Å². The first-order valence-electron chi connectivity index (χ1n) is 10.0. The van der Waals surface area contributed by atoms with Crippen LogP contribution in [0.1, 0.15) is 18.1 Å². The zero-order valence-corrected chi connectivity index (χ0v) is 18.8. The number of carbonyl (C=O) groups is 1. The number of para-hydroxylation sites is 1. The summed E-state index contributed by atoms with van der Waals surface area (Å²) < 4.78 is 12.2. The monoisotopic (exact) mass is 432 g/mol. The number of rotatable bonds is 6. The van der Waals surface area contributed by atoms with E-state index in [1.807, 2.05) is 62.4 Å². The standard InChI is InChI=1S/C25H24N2O3S/c1-16-9-14-22(17(2)15-16)27(25-26-21-7-5-6-8-23(21)31-25)24(28)18(3)30-20-12-10-19(29-4)11-13-20/h5-15,18H,1-4H3/t18-/m0/s1. The van der Waals surface area contributed by atoms with E-state index in [9.17, 15) is 4.79 Å². The van der Waals surface area contributed by atoms with E-state index in [0.29, 0.717) is 10.9 Å². The maximum atomic E-state index is 13.6. The highest BCUT2D eigenvalue weighted by molar-refractivity contribution is 7.22. The van der Waals surface area contributed by atoms with Gasteiger partial charge < -0.3 is 9.47 Å². The van der Waals surface area contributed by atoms with Gasteiger partial charge in [-0.3, -0.25) is 9.69 Å². The molecule has 0 aliphatic carbocycles. The van der Waals surface area contributed by atoms with Crippen molar-refractivity contribution in [2.24, 2.45) is 0 Å². The lowest BCUT2D eigenvalue weighted by molar-refractivity contribution is -0.123. The molecule has 0 unspecified atom stereocenters. The van der Waals surface area contributed by atoms with Gasteiger partial charge in [0, 0.05) is 0 Å². The van der Waals surface area contributed by atoms with Gasteiger partial charge in [0.1, 0.15) is 11.5 Å². The topological polar surface area (TPSA) is 51.7 Å². The van der Waals surface area contributed by atoms with Crippen molar-refractivity contribution in [3.05, 3.63) is 77.9 Å². The first-order valence-corrected chi connectivity index (χ1v) is 10.9. The van der Waals surface area contributed by atoms with Gasteiger partial charge in [-0.05, 0) is 68.8 Å². The number of hydrogen-bond donors (Lipinski definition) is 0. The Bertz CT molecular complexity index is 1180. The first-order chi connectivity index (χ1) is 15.0. The third-order valence-electron chi connectivity index (χ3n) is 5.01. The number of aryl methyl sites for hydroxylation is 2. The van der Waals surface area contributed by atoms with Crippen LogP contribution in [0.4, 0.5) is 10.8 Å². The van der Waals surface area contributed by atoms with Crippen LogP contribution in [-0.2, 0) is 4.79 Å². The maximum Gasteiger partial charge on any atom is 0.274 e. The molecule has 158 valence electrons. The fourth-order valence-corrected chi connectivity index (χ4v) is 4.40. The lowest BCUT2D eigenvalue weighted by Gasteiger charge is -2.25. The van der Waals surface area contributed by atoms with E-state index in [0.717, 1.165) is 32.8 Å². The fourth-order valence-electron chi connectivity index (χ4n) is 3.42. The van der Waals surface area contributed by atoms with Crippen molar-refractivity contribution in [3.8, 4) is 11.5 Å². The summed E-state index contributed by atoms with van der Waals surface area (Å²) in [6.45, 7) is 5.80. The van der Waals surface area contributed by atoms with Crippen molar-refractivity contribution in [2.45, 2.75) is 26.9 Å². The van der Waals surface area contributed by atoms with Crippen molar-refractivity contribution in [2.75, 3.05) is 12.0 Å². The summed E-state index contributed by atoms with van der Waals surface area (Å²) in [6.07, 6.45) is -0.707. The molecule has 1 amide bonds. The van der Waals surface area contributed by atoms with Crippen LogP contribution in [0.2, 0.25) is 0 Å². The minimum atomic E-state index is -0.707.